The number of benzene rings is 1. The third-order valence-electron chi connectivity index (χ3n) is 3.55. The summed E-state index contributed by atoms with van der Waals surface area (Å²) in [6.07, 6.45) is -3.17. The van der Waals surface area contributed by atoms with Crippen LogP contribution >= 0.6 is 0 Å². The first-order chi connectivity index (χ1) is 10.8. The van der Waals surface area contributed by atoms with Crippen LogP contribution in [-0.2, 0) is 6.18 Å². The van der Waals surface area contributed by atoms with Gasteiger partial charge in [0.05, 0.1) is 22.5 Å². The lowest BCUT2D eigenvalue weighted by atomic mass is 10.1. The summed E-state index contributed by atoms with van der Waals surface area (Å²) in [6.45, 7) is 3.54. The van der Waals surface area contributed by atoms with E-state index < -0.39 is 17.6 Å². The SMILES string of the molecule is Cc1nc2ccnc(-c3ccc(C(F)(F)F)cc3F)c2nc1C. The highest BCUT2D eigenvalue weighted by atomic mass is 19.4. The maximum atomic E-state index is 14.2. The monoisotopic (exact) mass is 321 g/mol. The molecule has 0 atom stereocenters. The van der Waals surface area contributed by atoms with Gasteiger partial charge in [0.2, 0.25) is 0 Å². The molecule has 0 saturated heterocycles. The summed E-state index contributed by atoms with van der Waals surface area (Å²) in [4.78, 5) is 12.8. The second-order valence-electron chi connectivity index (χ2n) is 5.11. The third-order valence-corrected chi connectivity index (χ3v) is 3.55. The molecular weight excluding hydrogens is 310 g/mol. The van der Waals surface area contributed by atoms with Crippen molar-refractivity contribution < 1.29 is 17.6 Å². The minimum atomic E-state index is -4.60. The van der Waals surface area contributed by atoms with Gasteiger partial charge in [-0.05, 0) is 38.1 Å². The largest absolute Gasteiger partial charge is 0.416 e. The number of aryl methyl sites for hydroxylation is 2. The van der Waals surface area contributed by atoms with Gasteiger partial charge in [-0.1, -0.05) is 0 Å². The molecule has 0 N–H and O–H groups in total. The summed E-state index contributed by atoms with van der Waals surface area (Å²) in [5.41, 5.74) is 1.33. The molecule has 1 aromatic carbocycles. The van der Waals surface area contributed by atoms with E-state index in [1.807, 2.05) is 0 Å². The van der Waals surface area contributed by atoms with Crippen LogP contribution in [0, 0.1) is 19.7 Å². The van der Waals surface area contributed by atoms with Crippen LogP contribution in [0.4, 0.5) is 17.6 Å². The van der Waals surface area contributed by atoms with Crippen LogP contribution in [0.2, 0.25) is 0 Å². The fraction of sp³-hybridized carbons (Fsp3) is 0.188. The lowest BCUT2D eigenvalue weighted by Gasteiger charge is -2.10. The first-order valence-corrected chi connectivity index (χ1v) is 6.74. The van der Waals surface area contributed by atoms with E-state index in [-0.39, 0.29) is 11.3 Å². The molecule has 2 heterocycles. The molecule has 2 aromatic heterocycles. The number of fused-ring (bicyclic) bond motifs is 1. The van der Waals surface area contributed by atoms with Gasteiger partial charge < -0.3 is 0 Å². The highest BCUT2D eigenvalue weighted by Gasteiger charge is 2.31. The first-order valence-electron chi connectivity index (χ1n) is 6.74. The predicted molar refractivity (Wildman–Crippen MR) is 77.2 cm³/mol. The summed E-state index contributed by atoms with van der Waals surface area (Å²) in [5, 5.41) is 0. The Balaban J connectivity index is 2.23. The molecule has 0 saturated carbocycles. The van der Waals surface area contributed by atoms with Gasteiger partial charge in [0.15, 0.2) is 0 Å². The van der Waals surface area contributed by atoms with Gasteiger partial charge in [-0.2, -0.15) is 13.2 Å². The van der Waals surface area contributed by atoms with E-state index in [2.05, 4.69) is 15.0 Å². The fourth-order valence-electron chi connectivity index (χ4n) is 2.24. The first kappa shape index (κ1) is 15.3. The molecule has 118 valence electrons. The molecule has 0 aliphatic carbocycles. The van der Waals surface area contributed by atoms with Crippen molar-refractivity contribution in [3.05, 3.63) is 53.2 Å². The number of pyridine rings is 1. The van der Waals surface area contributed by atoms with Crippen LogP contribution in [0.3, 0.4) is 0 Å². The van der Waals surface area contributed by atoms with Gasteiger partial charge in [-0.25, -0.2) is 14.4 Å². The Hall–Kier alpha value is -2.57. The van der Waals surface area contributed by atoms with Gasteiger partial charge in [-0.15, -0.1) is 0 Å². The van der Waals surface area contributed by atoms with E-state index in [1.54, 1.807) is 19.9 Å². The molecule has 23 heavy (non-hydrogen) atoms. The predicted octanol–water partition coefficient (Wildman–Crippen LogP) is 4.47. The normalized spacial score (nSPS) is 11.9. The summed E-state index contributed by atoms with van der Waals surface area (Å²) in [7, 11) is 0. The van der Waals surface area contributed by atoms with E-state index in [0.717, 1.165) is 17.8 Å². The van der Waals surface area contributed by atoms with Crippen molar-refractivity contribution in [1.29, 1.82) is 0 Å². The van der Waals surface area contributed by atoms with E-state index in [1.165, 1.54) is 6.20 Å². The molecule has 3 nitrogen and oxygen atoms in total. The molecule has 0 aliphatic heterocycles. The van der Waals surface area contributed by atoms with Crippen molar-refractivity contribution in [1.82, 2.24) is 15.0 Å². The highest BCUT2D eigenvalue weighted by Crippen LogP contribution is 2.33. The summed E-state index contributed by atoms with van der Waals surface area (Å²) >= 11 is 0. The molecule has 0 fully saturated rings. The van der Waals surface area contributed by atoms with E-state index in [0.29, 0.717) is 22.8 Å². The standard InChI is InChI=1S/C16H11F4N3/c1-8-9(2)23-15-13(22-8)5-6-21-14(15)11-4-3-10(7-12(11)17)16(18,19)20/h3-7H,1-2H3. The number of hydrogen-bond donors (Lipinski definition) is 0. The smallest absolute Gasteiger partial charge is 0.254 e. The minimum absolute atomic E-state index is 0.0406. The fourth-order valence-corrected chi connectivity index (χ4v) is 2.24. The average Bonchev–Trinajstić information content (AvgIpc) is 2.47. The Morgan fingerprint density at radius 3 is 2.30 bits per heavy atom. The Morgan fingerprint density at radius 2 is 1.65 bits per heavy atom. The van der Waals surface area contributed by atoms with Gasteiger partial charge >= 0.3 is 6.18 Å². The van der Waals surface area contributed by atoms with Gasteiger partial charge in [0, 0.05) is 11.8 Å². The summed E-state index contributed by atoms with van der Waals surface area (Å²) in [6, 6.07) is 3.98. The Bertz CT molecular complexity index is 904. The molecule has 3 aromatic rings. The zero-order valence-corrected chi connectivity index (χ0v) is 12.2. The van der Waals surface area contributed by atoms with Crippen LogP contribution in [-0.4, -0.2) is 15.0 Å². The van der Waals surface area contributed by atoms with Crippen molar-refractivity contribution in [3.63, 3.8) is 0 Å². The number of nitrogens with zero attached hydrogens (tertiary/aromatic N) is 3. The lowest BCUT2D eigenvalue weighted by Crippen LogP contribution is -2.06. The van der Waals surface area contributed by atoms with E-state index >= 15 is 0 Å². The van der Waals surface area contributed by atoms with Crippen LogP contribution in [0.15, 0.2) is 30.5 Å². The molecule has 0 unspecified atom stereocenters. The second-order valence-corrected chi connectivity index (χ2v) is 5.11. The number of hydrogen-bond acceptors (Lipinski definition) is 3. The van der Waals surface area contributed by atoms with Gasteiger partial charge in [-0.3, -0.25) is 4.98 Å². The number of alkyl halides is 3. The summed E-state index contributed by atoms with van der Waals surface area (Å²) < 4.78 is 52.1. The van der Waals surface area contributed by atoms with Crippen LogP contribution in [0.5, 0.6) is 0 Å². The van der Waals surface area contributed by atoms with Crippen molar-refractivity contribution >= 4 is 11.0 Å². The van der Waals surface area contributed by atoms with Crippen molar-refractivity contribution in [2.24, 2.45) is 0 Å². The molecule has 0 aliphatic rings. The number of aromatic nitrogens is 3. The maximum Gasteiger partial charge on any atom is 0.416 e. The van der Waals surface area contributed by atoms with Gasteiger partial charge in [0.1, 0.15) is 17.0 Å². The minimum Gasteiger partial charge on any atom is -0.254 e. The molecule has 0 amide bonds. The van der Waals surface area contributed by atoms with Crippen LogP contribution < -0.4 is 0 Å². The molecule has 0 spiro atoms. The molecule has 0 radical (unpaired) electrons. The number of halogens is 4. The van der Waals surface area contributed by atoms with Crippen molar-refractivity contribution in [2.45, 2.75) is 20.0 Å². The third kappa shape index (κ3) is 2.74. The highest BCUT2D eigenvalue weighted by molar-refractivity contribution is 5.89. The molecular formula is C16H11F4N3. The lowest BCUT2D eigenvalue weighted by molar-refractivity contribution is -0.137. The van der Waals surface area contributed by atoms with Crippen molar-refractivity contribution in [3.8, 4) is 11.3 Å². The Labute approximate surface area is 129 Å². The molecule has 3 rings (SSSR count). The zero-order valence-electron chi connectivity index (χ0n) is 12.2. The summed E-state index contributed by atoms with van der Waals surface area (Å²) in [5.74, 6) is -1.00. The van der Waals surface area contributed by atoms with Crippen molar-refractivity contribution in [2.75, 3.05) is 0 Å². The van der Waals surface area contributed by atoms with E-state index in [9.17, 15) is 17.6 Å². The quantitative estimate of drug-likeness (QED) is 0.621. The maximum absolute atomic E-state index is 14.2. The Morgan fingerprint density at radius 1 is 0.957 bits per heavy atom. The second kappa shape index (κ2) is 5.26. The van der Waals surface area contributed by atoms with Gasteiger partial charge in [0.25, 0.3) is 0 Å². The zero-order chi connectivity index (χ0) is 16.8. The molecule has 7 heteroatoms. The molecule has 0 bridgehead atoms. The van der Waals surface area contributed by atoms with Crippen LogP contribution in [0.1, 0.15) is 17.0 Å². The Kier molecular flexibility index (Phi) is 3.50. The number of rotatable bonds is 1. The van der Waals surface area contributed by atoms with Crippen LogP contribution in [0.25, 0.3) is 22.3 Å². The topological polar surface area (TPSA) is 38.7 Å². The van der Waals surface area contributed by atoms with E-state index in [4.69, 9.17) is 0 Å². The average molecular weight is 321 g/mol.